The number of aromatic carboxylic acids is 1. The lowest BCUT2D eigenvalue weighted by atomic mass is 10.1. The highest BCUT2D eigenvalue weighted by atomic mass is 16.5. The van der Waals surface area contributed by atoms with Gasteiger partial charge in [-0.15, -0.1) is 0 Å². The third kappa shape index (κ3) is 1.92. The van der Waals surface area contributed by atoms with Gasteiger partial charge in [-0.2, -0.15) is 0 Å². The number of pyridine rings is 1. The molecule has 2 heterocycles. The first-order valence-electron chi connectivity index (χ1n) is 4.68. The van der Waals surface area contributed by atoms with Gasteiger partial charge in [-0.1, -0.05) is 0 Å². The average molecular weight is 208 g/mol. The summed E-state index contributed by atoms with van der Waals surface area (Å²) in [6.45, 7) is 1.63. The molecule has 15 heavy (non-hydrogen) atoms. The summed E-state index contributed by atoms with van der Waals surface area (Å²) in [5.41, 5.74) is 0.211. The molecule has 0 unspecified atom stereocenters. The highest BCUT2D eigenvalue weighted by Gasteiger charge is 2.27. The van der Waals surface area contributed by atoms with Crippen molar-refractivity contribution in [1.29, 1.82) is 0 Å². The van der Waals surface area contributed by atoms with Crippen LogP contribution in [0.1, 0.15) is 10.4 Å². The maximum atomic E-state index is 10.6. The van der Waals surface area contributed by atoms with E-state index < -0.39 is 5.97 Å². The maximum Gasteiger partial charge on any atom is 0.337 e. The fourth-order valence-corrected chi connectivity index (χ4v) is 1.47. The van der Waals surface area contributed by atoms with Gasteiger partial charge in [0, 0.05) is 26.4 Å². The first-order chi connectivity index (χ1) is 7.20. The first kappa shape index (κ1) is 9.92. The molecule has 0 saturated carbocycles. The van der Waals surface area contributed by atoms with E-state index in [4.69, 9.17) is 9.84 Å². The number of ether oxygens (including phenoxy) is 1. The summed E-state index contributed by atoms with van der Waals surface area (Å²) in [7, 11) is 1.68. The molecule has 0 aliphatic carbocycles. The molecular weight excluding hydrogens is 196 g/mol. The second kappa shape index (κ2) is 3.86. The van der Waals surface area contributed by atoms with E-state index in [-0.39, 0.29) is 11.7 Å². The van der Waals surface area contributed by atoms with Gasteiger partial charge >= 0.3 is 5.97 Å². The summed E-state index contributed by atoms with van der Waals surface area (Å²) in [5, 5.41) is 8.69. The zero-order chi connectivity index (χ0) is 10.8. The van der Waals surface area contributed by atoms with Crippen molar-refractivity contribution >= 4 is 11.8 Å². The largest absolute Gasteiger partial charge is 0.478 e. The van der Waals surface area contributed by atoms with Crippen molar-refractivity contribution < 1.29 is 14.6 Å². The van der Waals surface area contributed by atoms with Crippen molar-refractivity contribution in [2.45, 2.75) is 6.10 Å². The van der Waals surface area contributed by atoms with Gasteiger partial charge < -0.3 is 14.7 Å². The molecule has 5 nitrogen and oxygen atoms in total. The fourth-order valence-electron chi connectivity index (χ4n) is 1.47. The summed E-state index contributed by atoms with van der Waals surface area (Å²) in [5.74, 6) is -0.152. The molecule has 0 spiro atoms. The van der Waals surface area contributed by atoms with Crippen LogP contribution in [0, 0.1) is 0 Å². The highest BCUT2D eigenvalue weighted by Crippen LogP contribution is 2.19. The Balaban J connectivity index is 2.02. The van der Waals surface area contributed by atoms with E-state index in [1.807, 2.05) is 4.90 Å². The van der Waals surface area contributed by atoms with Gasteiger partial charge in [0.05, 0.1) is 11.7 Å². The molecule has 1 aliphatic heterocycles. The number of aromatic nitrogens is 1. The molecule has 0 radical (unpaired) electrons. The van der Waals surface area contributed by atoms with Crippen molar-refractivity contribution in [2.75, 3.05) is 25.1 Å². The Hall–Kier alpha value is -1.62. The van der Waals surface area contributed by atoms with E-state index in [0.29, 0.717) is 0 Å². The lowest BCUT2D eigenvalue weighted by Crippen LogP contribution is -2.52. The van der Waals surface area contributed by atoms with Gasteiger partial charge in [0.2, 0.25) is 0 Å². The topological polar surface area (TPSA) is 62.7 Å². The summed E-state index contributed by atoms with van der Waals surface area (Å²) in [6.07, 6.45) is 1.64. The predicted octanol–water partition coefficient (Wildman–Crippen LogP) is 0.615. The molecule has 5 heteroatoms. The third-order valence-corrected chi connectivity index (χ3v) is 2.50. The van der Waals surface area contributed by atoms with Gasteiger partial charge in [-0.25, -0.2) is 9.78 Å². The number of methoxy groups -OCH3 is 1. The minimum absolute atomic E-state index is 0.211. The minimum atomic E-state index is -0.951. The van der Waals surface area contributed by atoms with Gasteiger partial charge in [-0.3, -0.25) is 0 Å². The summed E-state index contributed by atoms with van der Waals surface area (Å²) >= 11 is 0. The maximum absolute atomic E-state index is 10.6. The monoisotopic (exact) mass is 208 g/mol. The first-order valence-corrected chi connectivity index (χ1v) is 4.68. The second-order valence-corrected chi connectivity index (χ2v) is 3.47. The van der Waals surface area contributed by atoms with Crippen LogP contribution in [-0.4, -0.2) is 42.4 Å². The number of hydrogen-bond acceptors (Lipinski definition) is 4. The summed E-state index contributed by atoms with van der Waals surface area (Å²) in [4.78, 5) is 16.7. The minimum Gasteiger partial charge on any atom is -0.478 e. The number of carboxylic acids is 1. The number of nitrogens with zero attached hydrogens (tertiary/aromatic N) is 2. The molecule has 0 bridgehead atoms. The quantitative estimate of drug-likeness (QED) is 0.788. The lowest BCUT2D eigenvalue weighted by Gasteiger charge is -2.38. The molecule has 2 rings (SSSR count). The van der Waals surface area contributed by atoms with Crippen LogP contribution < -0.4 is 4.90 Å². The molecule has 0 amide bonds. The van der Waals surface area contributed by atoms with Crippen LogP contribution in [0.5, 0.6) is 0 Å². The van der Waals surface area contributed by atoms with Crippen molar-refractivity contribution in [3.63, 3.8) is 0 Å². The van der Waals surface area contributed by atoms with E-state index in [0.717, 1.165) is 18.9 Å². The molecule has 1 aliphatic rings. The zero-order valence-corrected chi connectivity index (χ0v) is 8.38. The highest BCUT2D eigenvalue weighted by molar-refractivity contribution is 5.87. The Morgan fingerprint density at radius 2 is 2.33 bits per heavy atom. The molecule has 0 atom stereocenters. The lowest BCUT2D eigenvalue weighted by molar-refractivity contribution is 0.0695. The molecule has 0 aromatic carbocycles. The SMILES string of the molecule is COC1CN(c2ccc(C(=O)O)cn2)C1. The number of carbonyl (C=O) groups is 1. The Morgan fingerprint density at radius 1 is 1.60 bits per heavy atom. The van der Waals surface area contributed by atoms with Crippen LogP contribution in [0.2, 0.25) is 0 Å². The van der Waals surface area contributed by atoms with Crippen molar-refractivity contribution in [3.05, 3.63) is 23.9 Å². The van der Waals surface area contributed by atoms with Crippen LogP contribution in [0.3, 0.4) is 0 Å². The zero-order valence-electron chi connectivity index (χ0n) is 8.38. The van der Waals surface area contributed by atoms with E-state index in [1.165, 1.54) is 6.20 Å². The van der Waals surface area contributed by atoms with Gasteiger partial charge in [-0.05, 0) is 12.1 Å². The van der Waals surface area contributed by atoms with Crippen molar-refractivity contribution in [3.8, 4) is 0 Å². The van der Waals surface area contributed by atoms with E-state index >= 15 is 0 Å². The molecule has 80 valence electrons. The van der Waals surface area contributed by atoms with Crippen molar-refractivity contribution in [2.24, 2.45) is 0 Å². The van der Waals surface area contributed by atoms with E-state index in [9.17, 15) is 4.79 Å². The predicted molar refractivity (Wildman–Crippen MR) is 54.2 cm³/mol. The van der Waals surface area contributed by atoms with Crippen LogP contribution in [0.15, 0.2) is 18.3 Å². The Morgan fingerprint density at radius 3 is 2.80 bits per heavy atom. The van der Waals surface area contributed by atoms with Gasteiger partial charge in [0.1, 0.15) is 5.82 Å². The Bertz CT molecular complexity index is 357. The van der Waals surface area contributed by atoms with Crippen LogP contribution in [-0.2, 0) is 4.74 Å². The smallest absolute Gasteiger partial charge is 0.337 e. The van der Waals surface area contributed by atoms with Crippen molar-refractivity contribution in [1.82, 2.24) is 4.98 Å². The third-order valence-electron chi connectivity index (χ3n) is 2.50. The molecule has 1 N–H and O–H groups in total. The Kier molecular flexibility index (Phi) is 2.55. The number of carboxylic acid groups (broad SMARTS) is 1. The van der Waals surface area contributed by atoms with E-state index in [1.54, 1.807) is 19.2 Å². The molecule has 1 aromatic heterocycles. The molecule has 1 aromatic rings. The van der Waals surface area contributed by atoms with Gasteiger partial charge in [0.15, 0.2) is 0 Å². The number of anilines is 1. The standard InChI is InChI=1S/C10H12N2O3/c1-15-8-5-12(6-8)9-3-2-7(4-11-9)10(13)14/h2-4,8H,5-6H2,1H3,(H,13,14). The second-order valence-electron chi connectivity index (χ2n) is 3.47. The van der Waals surface area contributed by atoms with E-state index in [2.05, 4.69) is 4.98 Å². The summed E-state index contributed by atoms with van der Waals surface area (Å²) < 4.78 is 5.14. The number of hydrogen-bond donors (Lipinski definition) is 1. The number of rotatable bonds is 3. The van der Waals surface area contributed by atoms with Crippen LogP contribution in [0.25, 0.3) is 0 Å². The Labute approximate surface area is 87.3 Å². The fraction of sp³-hybridized carbons (Fsp3) is 0.400. The van der Waals surface area contributed by atoms with Crippen LogP contribution >= 0.6 is 0 Å². The molecule has 1 fully saturated rings. The van der Waals surface area contributed by atoms with Gasteiger partial charge in [0.25, 0.3) is 0 Å². The average Bonchev–Trinajstić information content (AvgIpc) is 2.17. The van der Waals surface area contributed by atoms with Crippen LogP contribution in [0.4, 0.5) is 5.82 Å². The normalized spacial score (nSPS) is 16.2. The molecular formula is C10H12N2O3. The summed E-state index contributed by atoms with van der Waals surface area (Å²) in [6, 6.07) is 3.28. The molecule has 1 saturated heterocycles.